The number of halogens is 4. The van der Waals surface area contributed by atoms with Crippen molar-refractivity contribution in [2.45, 2.75) is 63.5 Å². The second-order valence-corrected chi connectivity index (χ2v) is 11.7. The summed E-state index contributed by atoms with van der Waals surface area (Å²) < 4.78 is 59.5. The van der Waals surface area contributed by atoms with Gasteiger partial charge in [-0.1, -0.05) is 0 Å². The molecule has 41 heavy (non-hydrogen) atoms. The Hall–Kier alpha value is -3.69. The van der Waals surface area contributed by atoms with Crippen LogP contribution in [0.4, 0.5) is 34.3 Å². The molecule has 0 aliphatic heterocycles. The molecule has 0 bridgehead atoms. The Morgan fingerprint density at radius 3 is 2.73 bits per heavy atom. The van der Waals surface area contributed by atoms with E-state index < -0.39 is 30.8 Å². The fraction of sp³-hybridized carbons (Fsp3) is 0.560. The van der Waals surface area contributed by atoms with Gasteiger partial charge in [0.15, 0.2) is 0 Å². The highest BCUT2D eigenvalue weighted by Crippen LogP contribution is 2.43. The zero-order chi connectivity index (χ0) is 28.8. The first-order chi connectivity index (χ1) is 19.7. The maximum atomic E-state index is 13.4. The summed E-state index contributed by atoms with van der Waals surface area (Å²) in [6, 6.07) is 1.14. The lowest BCUT2D eigenvalue weighted by Gasteiger charge is -2.28. The van der Waals surface area contributed by atoms with E-state index in [9.17, 15) is 27.2 Å². The number of carbonyl (C=O) groups excluding carboxylic acids is 2. The van der Waals surface area contributed by atoms with E-state index in [1.54, 1.807) is 11.6 Å². The minimum Gasteiger partial charge on any atom is -0.415 e. The molecule has 3 N–H and O–H groups in total. The van der Waals surface area contributed by atoms with Crippen molar-refractivity contribution in [2.75, 3.05) is 17.2 Å². The fourth-order valence-corrected chi connectivity index (χ4v) is 6.51. The molecule has 0 spiro atoms. The third-order valence-corrected chi connectivity index (χ3v) is 8.99. The highest BCUT2D eigenvalue weighted by Gasteiger charge is 2.39. The first kappa shape index (κ1) is 27.5. The van der Waals surface area contributed by atoms with Crippen molar-refractivity contribution in [3.05, 3.63) is 28.4 Å². The van der Waals surface area contributed by atoms with Gasteiger partial charge in [0.25, 0.3) is 5.91 Å². The van der Waals surface area contributed by atoms with E-state index in [0.717, 1.165) is 10.4 Å². The number of hydrogen-bond donors (Lipinski definition) is 3. The Morgan fingerprint density at radius 2 is 2.02 bits per heavy atom. The number of hydrogen-bond acceptors (Lipinski definition) is 8. The van der Waals surface area contributed by atoms with Crippen molar-refractivity contribution >= 4 is 39.9 Å². The van der Waals surface area contributed by atoms with Crippen LogP contribution in [0.1, 0.15) is 52.5 Å². The van der Waals surface area contributed by atoms with Crippen molar-refractivity contribution in [1.82, 2.24) is 29.9 Å². The number of aromatic nitrogens is 5. The molecule has 2 fully saturated rings. The lowest BCUT2D eigenvalue weighted by Crippen LogP contribution is -2.36. The summed E-state index contributed by atoms with van der Waals surface area (Å²) in [4.78, 5) is 27.1. The van der Waals surface area contributed by atoms with Gasteiger partial charge in [-0.2, -0.15) is 8.78 Å². The van der Waals surface area contributed by atoms with Crippen molar-refractivity contribution in [3.8, 4) is 5.88 Å². The SMILES string of the molecule is Cn1nc(OC(F)F)cc1Nc1nncn1[C@H]1CCc2sc(NC(=O)C3CC(F)C3)c(C(=O)NC[C@H]3C[C@H]3F)c2C1. The van der Waals surface area contributed by atoms with Crippen molar-refractivity contribution in [3.63, 3.8) is 0 Å². The van der Waals surface area contributed by atoms with Gasteiger partial charge in [-0.25, -0.2) is 13.5 Å². The van der Waals surface area contributed by atoms with E-state index in [1.807, 2.05) is 0 Å². The van der Waals surface area contributed by atoms with Crippen LogP contribution in [0.5, 0.6) is 5.88 Å². The number of aryl methyl sites for hydroxylation is 2. The third kappa shape index (κ3) is 5.74. The molecule has 11 nitrogen and oxygen atoms in total. The average Bonchev–Trinajstić information content (AvgIpc) is 3.21. The van der Waals surface area contributed by atoms with Gasteiger partial charge in [0.05, 0.1) is 5.56 Å². The van der Waals surface area contributed by atoms with E-state index in [1.165, 1.54) is 28.4 Å². The number of anilines is 3. The lowest BCUT2D eigenvalue weighted by atomic mass is 9.83. The second kappa shape index (κ2) is 10.9. The number of ether oxygens (including phenoxy) is 1. The highest BCUT2D eigenvalue weighted by molar-refractivity contribution is 7.17. The summed E-state index contributed by atoms with van der Waals surface area (Å²) in [6.07, 6.45) is 2.09. The number of rotatable bonds is 10. The molecule has 220 valence electrons. The third-order valence-electron chi connectivity index (χ3n) is 7.78. The molecular formula is C25H28F4N8O3S. The highest BCUT2D eigenvalue weighted by atomic mass is 32.1. The summed E-state index contributed by atoms with van der Waals surface area (Å²) in [7, 11) is 1.56. The molecule has 3 atom stereocenters. The summed E-state index contributed by atoms with van der Waals surface area (Å²) >= 11 is 1.33. The van der Waals surface area contributed by atoms with E-state index in [2.05, 4.69) is 36.0 Å². The number of fused-ring (bicyclic) bond motifs is 1. The van der Waals surface area contributed by atoms with Gasteiger partial charge in [-0.15, -0.1) is 26.6 Å². The first-order valence-corrected chi connectivity index (χ1v) is 14.1. The van der Waals surface area contributed by atoms with Crippen LogP contribution in [0.15, 0.2) is 12.4 Å². The van der Waals surface area contributed by atoms with Crippen molar-refractivity contribution in [2.24, 2.45) is 18.9 Å². The lowest BCUT2D eigenvalue weighted by molar-refractivity contribution is -0.124. The minimum atomic E-state index is -3.01. The number of thiophene rings is 1. The maximum Gasteiger partial charge on any atom is 0.388 e. The Bertz CT molecular complexity index is 1450. The summed E-state index contributed by atoms with van der Waals surface area (Å²) in [6.45, 7) is -2.81. The summed E-state index contributed by atoms with van der Waals surface area (Å²) in [5, 5.41) is 21.2. The van der Waals surface area contributed by atoms with E-state index in [4.69, 9.17) is 0 Å². The monoisotopic (exact) mass is 596 g/mol. The van der Waals surface area contributed by atoms with Crippen LogP contribution in [0.2, 0.25) is 0 Å². The Labute approximate surface area is 235 Å². The van der Waals surface area contributed by atoms with Crippen LogP contribution in [0, 0.1) is 11.8 Å². The van der Waals surface area contributed by atoms with Crippen molar-refractivity contribution in [1.29, 1.82) is 0 Å². The molecule has 16 heteroatoms. The summed E-state index contributed by atoms with van der Waals surface area (Å²) in [5.41, 5.74) is 1.12. The molecule has 3 aromatic rings. The average molecular weight is 597 g/mol. The molecule has 2 amide bonds. The molecule has 3 heterocycles. The standard InChI is InChI=1S/C25H28F4N8O3S/c1-36-18(8-19(35-36)40-24(28)29)32-25-34-31-10-37(25)14-2-3-17-15(7-14)20(22(39)30-9-12-6-16(12)27)23(41-17)33-21(38)11-4-13(26)5-11/h8,10-14,16,24H,2-7,9H2,1H3,(H,30,39)(H,32,34)(H,33,38)/t11?,12-,13?,14+,16-/m1/s1. The zero-order valence-corrected chi connectivity index (χ0v) is 22.8. The van der Waals surface area contributed by atoms with E-state index in [0.29, 0.717) is 48.0 Å². The first-order valence-electron chi connectivity index (χ1n) is 13.3. The molecule has 3 aliphatic carbocycles. The second-order valence-electron chi connectivity index (χ2n) is 10.6. The van der Waals surface area contributed by atoms with Gasteiger partial charge in [-0.05, 0) is 44.1 Å². The Balaban J connectivity index is 1.23. The zero-order valence-electron chi connectivity index (χ0n) is 21.9. The van der Waals surface area contributed by atoms with E-state index in [-0.39, 0.29) is 43.1 Å². The number of nitrogens with one attached hydrogen (secondary N) is 3. The minimum absolute atomic E-state index is 0.163. The Kier molecular flexibility index (Phi) is 7.34. The fourth-order valence-electron chi connectivity index (χ4n) is 5.26. The van der Waals surface area contributed by atoms with Crippen LogP contribution < -0.4 is 20.7 Å². The number of amides is 2. The van der Waals surface area contributed by atoms with Crippen LogP contribution in [0.3, 0.4) is 0 Å². The molecule has 2 saturated carbocycles. The van der Waals surface area contributed by atoms with Gasteiger partial charge in [0.2, 0.25) is 17.7 Å². The molecule has 6 rings (SSSR count). The van der Waals surface area contributed by atoms with Crippen LogP contribution in [-0.2, 0) is 24.7 Å². The predicted octanol–water partition coefficient (Wildman–Crippen LogP) is 3.92. The van der Waals surface area contributed by atoms with Gasteiger partial charge in [0.1, 0.15) is 29.5 Å². The number of carbonyl (C=O) groups is 2. The van der Waals surface area contributed by atoms with Crippen LogP contribution in [0.25, 0.3) is 0 Å². The maximum absolute atomic E-state index is 13.4. The topological polar surface area (TPSA) is 128 Å². The van der Waals surface area contributed by atoms with Crippen molar-refractivity contribution < 1.29 is 31.9 Å². The predicted molar refractivity (Wildman–Crippen MR) is 140 cm³/mol. The summed E-state index contributed by atoms with van der Waals surface area (Å²) in [5.74, 6) is -0.909. The van der Waals surface area contributed by atoms with Gasteiger partial charge >= 0.3 is 6.61 Å². The van der Waals surface area contributed by atoms with Gasteiger partial charge in [0, 0.05) is 42.4 Å². The van der Waals surface area contributed by atoms with Gasteiger partial charge < -0.3 is 20.7 Å². The van der Waals surface area contributed by atoms with Gasteiger partial charge in [-0.3, -0.25) is 14.2 Å². The molecule has 0 unspecified atom stereocenters. The largest absolute Gasteiger partial charge is 0.415 e. The molecule has 0 aromatic carbocycles. The molecule has 0 saturated heterocycles. The normalized spacial score (nSPS) is 24.9. The molecular weight excluding hydrogens is 568 g/mol. The molecule has 3 aromatic heterocycles. The molecule has 0 radical (unpaired) electrons. The Morgan fingerprint density at radius 1 is 1.24 bits per heavy atom. The quantitative estimate of drug-likeness (QED) is 0.303. The molecule has 3 aliphatic rings. The van der Waals surface area contributed by atoms with E-state index >= 15 is 0 Å². The van der Waals surface area contributed by atoms with Crippen LogP contribution >= 0.6 is 11.3 Å². The number of alkyl halides is 4. The van der Waals surface area contributed by atoms with Crippen LogP contribution in [-0.4, -0.2) is 61.9 Å². The number of nitrogens with zero attached hydrogens (tertiary/aromatic N) is 5. The smallest absolute Gasteiger partial charge is 0.388 e.